The van der Waals surface area contributed by atoms with E-state index >= 15 is 0 Å². The van der Waals surface area contributed by atoms with E-state index in [0.29, 0.717) is 18.5 Å². The van der Waals surface area contributed by atoms with Crippen molar-refractivity contribution in [2.45, 2.75) is 25.4 Å². The van der Waals surface area contributed by atoms with E-state index in [4.69, 9.17) is 4.74 Å². The summed E-state index contributed by atoms with van der Waals surface area (Å²) in [7, 11) is 1.59. The fourth-order valence-corrected chi connectivity index (χ4v) is 2.19. The van der Waals surface area contributed by atoms with Crippen LogP contribution >= 0.6 is 0 Å². The van der Waals surface area contributed by atoms with Crippen LogP contribution in [0.5, 0.6) is 5.88 Å². The highest BCUT2D eigenvalue weighted by Crippen LogP contribution is 2.26. The Hall–Kier alpha value is -1.94. The summed E-state index contributed by atoms with van der Waals surface area (Å²) in [5, 5.41) is 3.42. The zero-order valence-electron chi connectivity index (χ0n) is 11.4. The minimum absolute atomic E-state index is 0.206. The van der Waals surface area contributed by atoms with Gasteiger partial charge in [0.15, 0.2) is 0 Å². The lowest BCUT2D eigenvalue weighted by atomic mass is 10.0. The molecule has 0 saturated heterocycles. The summed E-state index contributed by atoms with van der Waals surface area (Å²) in [4.78, 5) is 4.21. The number of methoxy groups -OCH3 is 1. The number of hydrogen-bond donors (Lipinski definition) is 1. The summed E-state index contributed by atoms with van der Waals surface area (Å²) in [6, 6.07) is 9.24. The Labute approximate surface area is 117 Å². The molecule has 0 unspecified atom stereocenters. The molecule has 1 aromatic carbocycles. The van der Waals surface area contributed by atoms with Gasteiger partial charge in [0.25, 0.3) is 0 Å². The van der Waals surface area contributed by atoms with Crippen molar-refractivity contribution in [3.8, 4) is 17.0 Å². The maximum atomic E-state index is 13.5. The second-order valence-electron chi connectivity index (χ2n) is 5.05. The number of benzene rings is 1. The fraction of sp³-hybridized carbons (Fsp3) is 0.312. The highest BCUT2D eigenvalue weighted by molar-refractivity contribution is 5.66. The van der Waals surface area contributed by atoms with Gasteiger partial charge in [-0.15, -0.1) is 0 Å². The van der Waals surface area contributed by atoms with Crippen molar-refractivity contribution in [2.24, 2.45) is 0 Å². The summed E-state index contributed by atoms with van der Waals surface area (Å²) in [5.41, 5.74) is 2.94. The molecular weight excluding hydrogens is 255 g/mol. The molecule has 1 saturated carbocycles. The minimum atomic E-state index is -0.206. The number of ether oxygens (including phenoxy) is 1. The summed E-state index contributed by atoms with van der Waals surface area (Å²) >= 11 is 0. The molecule has 0 bridgehead atoms. The average molecular weight is 272 g/mol. The van der Waals surface area contributed by atoms with Crippen LogP contribution in [-0.4, -0.2) is 18.1 Å². The van der Waals surface area contributed by atoms with Gasteiger partial charge in [-0.1, -0.05) is 6.07 Å². The Morgan fingerprint density at radius 2 is 2.15 bits per heavy atom. The number of nitrogens with zero attached hydrogens (tertiary/aromatic N) is 1. The third-order valence-corrected chi connectivity index (χ3v) is 3.48. The van der Waals surface area contributed by atoms with Gasteiger partial charge in [-0.05, 0) is 42.2 Å². The van der Waals surface area contributed by atoms with E-state index in [9.17, 15) is 4.39 Å². The molecule has 2 aromatic rings. The first-order valence-electron chi connectivity index (χ1n) is 6.78. The molecule has 1 fully saturated rings. The van der Waals surface area contributed by atoms with Crippen molar-refractivity contribution in [3.63, 3.8) is 0 Å². The molecule has 0 amide bonds. The van der Waals surface area contributed by atoms with Crippen molar-refractivity contribution in [2.75, 3.05) is 7.11 Å². The van der Waals surface area contributed by atoms with Crippen LogP contribution in [0.15, 0.2) is 36.5 Å². The molecule has 0 aliphatic heterocycles. The van der Waals surface area contributed by atoms with Crippen LogP contribution in [-0.2, 0) is 6.54 Å². The molecular formula is C16H17FN2O. The lowest BCUT2D eigenvalue weighted by Gasteiger charge is -2.11. The number of halogens is 1. The Kier molecular flexibility index (Phi) is 3.65. The van der Waals surface area contributed by atoms with Crippen LogP contribution in [0.4, 0.5) is 4.39 Å². The van der Waals surface area contributed by atoms with Gasteiger partial charge in [-0.2, -0.15) is 0 Å². The predicted molar refractivity (Wildman–Crippen MR) is 76.0 cm³/mol. The van der Waals surface area contributed by atoms with Gasteiger partial charge >= 0.3 is 0 Å². The van der Waals surface area contributed by atoms with Crippen molar-refractivity contribution in [3.05, 3.63) is 47.9 Å². The standard InChI is InChI=1S/C16H17FN2O/c1-20-16-7-2-11(9-19-16)15-6-3-13(17)8-12(15)10-18-14-4-5-14/h2-3,6-9,14,18H,4-5,10H2,1H3. The van der Waals surface area contributed by atoms with Gasteiger partial charge in [0.05, 0.1) is 7.11 Å². The molecule has 4 heteroatoms. The van der Waals surface area contributed by atoms with E-state index in [1.54, 1.807) is 19.4 Å². The quantitative estimate of drug-likeness (QED) is 0.908. The predicted octanol–water partition coefficient (Wildman–Crippen LogP) is 3.15. The van der Waals surface area contributed by atoms with Crippen LogP contribution in [0, 0.1) is 5.82 Å². The SMILES string of the molecule is COc1ccc(-c2ccc(F)cc2CNC2CC2)cn1. The summed E-state index contributed by atoms with van der Waals surface area (Å²) in [5.74, 6) is 0.372. The number of pyridine rings is 1. The van der Waals surface area contributed by atoms with E-state index in [0.717, 1.165) is 16.7 Å². The maximum absolute atomic E-state index is 13.5. The van der Waals surface area contributed by atoms with E-state index in [1.807, 2.05) is 18.2 Å². The average Bonchev–Trinajstić information content (AvgIpc) is 3.30. The number of rotatable bonds is 5. The highest BCUT2D eigenvalue weighted by atomic mass is 19.1. The summed E-state index contributed by atoms with van der Waals surface area (Å²) in [6.07, 6.45) is 4.19. The van der Waals surface area contributed by atoms with Crippen molar-refractivity contribution in [1.29, 1.82) is 0 Å². The molecule has 104 valence electrons. The molecule has 1 heterocycles. The monoisotopic (exact) mass is 272 g/mol. The van der Waals surface area contributed by atoms with E-state index in [2.05, 4.69) is 10.3 Å². The van der Waals surface area contributed by atoms with Gasteiger partial charge in [-0.3, -0.25) is 0 Å². The van der Waals surface area contributed by atoms with Gasteiger partial charge in [0.1, 0.15) is 5.82 Å². The van der Waals surface area contributed by atoms with Crippen LogP contribution < -0.4 is 10.1 Å². The molecule has 0 atom stereocenters. The van der Waals surface area contributed by atoms with Crippen molar-refractivity contribution >= 4 is 0 Å². The second-order valence-corrected chi connectivity index (χ2v) is 5.05. The molecule has 0 radical (unpaired) electrons. The number of hydrogen-bond acceptors (Lipinski definition) is 3. The Morgan fingerprint density at radius 3 is 2.80 bits per heavy atom. The van der Waals surface area contributed by atoms with Crippen LogP contribution in [0.1, 0.15) is 18.4 Å². The molecule has 3 nitrogen and oxygen atoms in total. The lowest BCUT2D eigenvalue weighted by Crippen LogP contribution is -2.16. The Bertz CT molecular complexity index is 594. The van der Waals surface area contributed by atoms with E-state index in [1.165, 1.54) is 18.9 Å². The van der Waals surface area contributed by atoms with Gasteiger partial charge in [-0.25, -0.2) is 9.37 Å². The Balaban J connectivity index is 1.89. The van der Waals surface area contributed by atoms with Crippen LogP contribution in [0.2, 0.25) is 0 Å². The third-order valence-electron chi connectivity index (χ3n) is 3.48. The molecule has 1 aromatic heterocycles. The fourth-order valence-electron chi connectivity index (χ4n) is 2.19. The normalized spacial score (nSPS) is 14.3. The van der Waals surface area contributed by atoms with Gasteiger partial charge in [0, 0.05) is 30.4 Å². The molecule has 0 spiro atoms. The summed E-state index contributed by atoms with van der Waals surface area (Å²) < 4.78 is 18.5. The van der Waals surface area contributed by atoms with Crippen molar-refractivity contribution in [1.82, 2.24) is 10.3 Å². The first-order chi connectivity index (χ1) is 9.76. The highest BCUT2D eigenvalue weighted by Gasteiger charge is 2.20. The third kappa shape index (κ3) is 2.96. The topological polar surface area (TPSA) is 34.1 Å². The van der Waals surface area contributed by atoms with Crippen LogP contribution in [0.25, 0.3) is 11.1 Å². The molecule has 1 aliphatic carbocycles. The molecule has 1 N–H and O–H groups in total. The number of aromatic nitrogens is 1. The molecule has 20 heavy (non-hydrogen) atoms. The van der Waals surface area contributed by atoms with Crippen LogP contribution in [0.3, 0.4) is 0 Å². The smallest absolute Gasteiger partial charge is 0.212 e. The first-order valence-corrected chi connectivity index (χ1v) is 6.78. The second kappa shape index (κ2) is 5.59. The molecule has 3 rings (SSSR count). The van der Waals surface area contributed by atoms with E-state index in [-0.39, 0.29) is 5.82 Å². The van der Waals surface area contributed by atoms with Crippen molar-refractivity contribution < 1.29 is 9.13 Å². The Morgan fingerprint density at radius 1 is 1.30 bits per heavy atom. The van der Waals surface area contributed by atoms with Gasteiger partial charge < -0.3 is 10.1 Å². The molecule has 1 aliphatic rings. The zero-order chi connectivity index (χ0) is 13.9. The lowest BCUT2D eigenvalue weighted by molar-refractivity contribution is 0.398. The number of nitrogens with one attached hydrogen (secondary N) is 1. The van der Waals surface area contributed by atoms with E-state index < -0.39 is 0 Å². The zero-order valence-corrected chi connectivity index (χ0v) is 11.4. The first kappa shape index (κ1) is 13.1. The largest absolute Gasteiger partial charge is 0.481 e. The summed E-state index contributed by atoms with van der Waals surface area (Å²) in [6.45, 7) is 0.684. The minimum Gasteiger partial charge on any atom is -0.481 e. The maximum Gasteiger partial charge on any atom is 0.212 e. The van der Waals surface area contributed by atoms with Gasteiger partial charge in [0.2, 0.25) is 5.88 Å².